The van der Waals surface area contributed by atoms with Crippen molar-refractivity contribution in [3.63, 3.8) is 0 Å². The van der Waals surface area contributed by atoms with Crippen LogP contribution in [0.4, 0.5) is 0 Å². The lowest BCUT2D eigenvalue weighted by Crippen LogP contribution is -2.16. The molecule has 0 spiro atoms. The Hall–Kier alpha value is -1.15. The average molecular weight is 328 g/mol. The van der Waals surface area contributed by atoms with Crippen LogP contribution >= 0.6 is 27.7 Å². The Kier molecular flexibility index (Phi) is 2.98. The summed E-state index contributed by atoms with van der Waals surface area (Å²) in [5.41, 5.74) is -0.148. The lowest BCUT2D eigenvalue weighted by molar-refractivity contribution is 0.642. The first kappa shape index (κ1) is 11.9. The summed E-state index contributed by atoms with van der Waals surface area (Å²) in [6.07, 6.45) is 2.08. The predicted molar refractivity (Wildman–Crippen MR) is 69.7 cm³/mol. The van der Waals surface area contributed by atoms with E-state index in [2.05, 4.69) is 36.1 Å². The minimum Gasteiger partial charge on any atom is -0.267 e. The summed E-state index contributed by atoms with van der Waals surface area (Å²) in [7, 11) is 0. The highest BCUT2D eigenvalue weighted by Gasteiger charge is 2.28. The fourth-order valence-electron chi connectivity index (χ4n) is 1.67. The maximum atomic E-state index is 11.6. The summed E-state index contributed by atoms with van der Waals surface area (Å²) in [5, 5.41) is 7.97. The summed E-state index contributed by atoms with van der Waals surface area (Å²) >= 11 is 4.70. The number of aromatic nitrogens is 5. The van der Waals surface area contributed by atoms with Gasteiger partial charge in [-0.05, 0) is 47.5 Å². The van der Waals surface area contributed by atoms with Crippen molar-refractivity contribution in [2.75, 3.05) is 0 Å². The van der Waals surface area contributed by atoms with Gasteiger partial charge in [-0.25, -0.2) is 19.9 Å². The molecule has 1 aliphatic carbocycles. The van der Waals surface area contributed by atoms with Gasteiger partial charge in [-0.1, -0.05) is 0 Å². The number of nitrogens with zero attached hydrogens (tertiary/aromatic N) is 4. The van der Waals surface area contributed by atoms with E-state index >= 15 is 0 Å². The quantitative estimate of drug-likeness (QED) is 0.871. The SMILES string of the molecule is Cc1nc(Br)cc(Sc2n[nH]c(=O)n2C2CC2)n1. The number of aromatic amines is 1. The van der Waals surface area contributed by atoms with Gasteiger partial charge in [0.05, 0.1) is 0 Å². The van der Waals surface area contributed by atoms with Gasteiger partial charge in [-0.3, -0.25) is 4.57 Å². The normalized spacial score (nSPS) is 15.0. The zero-order chi connectivity index (χ0) is 12.7. The molecule has 2 heterocycles. The largest absolute Gasteiger partial charge is 0.344 e. The molecular weight excluding hydrogens is 318 g/mol. The third-order valence-electron chi connectivity index (χ3n) is 2.56. The van der Waals surface area contributed by atoms with Gasteiger partial charge in [-0.2, -0.15) is 0 Å². The van der Waals surface area contributed by atoms with E-state index in [1.54, 1.807) is 4.57 Å². The molecule has 1 fully saturated rings. The molecule has 94 valence electrons. The van der Waals surface area contributed by atoms with Crippen molar-refractivity contribution in [1.29, 1.82) is 0 Å². The minimum absolute atomic E-state index is 0.148. The summed E-state index contributed by atoms with van der Waals surface area (Å²) in [6.45, 7) is 1.83. The van der Waals surface area contributed by atoms with Gasteiger partial charge in [0.2, 0.25) is 0 Å². The maximum Gasteiger partial charge on any atom is 0.344 e. The van der Waals surface area contributed by atoms with E-state index in [0.717, 1.165) is 22.5 Å². The van der Waals surface area contributed by atoms with Crippen molar-refractivity contribution >= 4 is 27.7 Å². The van der Waals surface area contributed by atoms with Crippen LogP contribution in [0, 0.1) is 6.92 Å². The molecule has 1 aliphatic rings. The second-order valence-corrected chi connectivity index (χ2v) is 5.89. The van der Waals surface area contributed by atoms with Crippen LogP contribution in [0.1, 0.15) is 24.7 Å². The monoisotopic (exact) mass is 327 g/mol. The maximum absolute atomic E-state index is 11.6. The van der Waals surface area contributed by atoms with E-state index in [0.29, 0.717) is 17.0 Å². The Morgan fingerprint density at radius 2 is 2.28 bits per heavy atom. The Morgan fingerprint density at radius 3 is 2.94 bits per heavy atom. The van der Waals surface area contributed by atoms with Crippen LogP contribution in [0.25, 0.3) is 0 Å². The van der Waals surface area contributed by atoms with Crippen molar-refractivity contribution in [3.05, 3.63) is 27.0 Å². The van der Waals surface area contributed by atoms with Crippen molar-refractivity contribution in [1.82, 2.24) is 24.7 Å². The first-order chi connectivity index (χ1) is 8.63. The summed E-state index contributed by atoms with van der Waals surface area (Å²) in [5.74, 6) is 0.683. The van der Waals surface area contributed by atoms with E-state index in [4.69, 9.17) is 0 Å². The van der Waals surface area contributed by atoms with Gasteiger partial charge in [-0.15, -0.1) is 5.10 Å². The highest BCUT2D eigenvalue weighted by atomic mass is 79.9. The molecule has 2 aromatic heterocycles. The van der Waals surface area contributed by atoms with Gasteiger partial charge >= 0.3 is 5.69 Å². The van der Waals surface area contributed by atoms with Gasteiger partial charge < -0.3 is 0 Å². The van der Waals surface area contributed by atoms with Crippen LogP contribution in [-0.4, -0.2) is 24.7 Å². The van der Waals surface area contributed by atoms with Gasteiger partial charge in [0.1, 0.15) is 15.5 Å². The van der Waals surface area contributed by atoms with E-state index in [9.17, 15) is 4.79 Å². The fourth-order valence-corrected chi connectivity index (χ4v) is 3.25. The van der Waals surface area contributed by atoms with Gasteiger partial charge in [0.25, 0.3) is 0 Å². The van der Waals surface area contributed by atoms with Crippen LogP contribution < -0.4 is 5.69 Å². The van der Waals surface area contributed by atoms with E-state index in [-0.39, 0.29) is 5.69 Å². The molecule has 0 aromatic carbocycles. The smallest absolute Gasteiger partial charge is 0.267 e. The predicted octanol–water partition coefficient (Wildman–Crippen LogP) is 1.92. The van der Waals surface area contributed by atoms with E-state index < -0.39 is 0 Å². The Balaban J connectivity index is 1.94. The number of aryl methyl sites for hydroxylation is 1. The number of halogens is 1. The lowest BCUT2D eigenvalue weighted by atomic mass is 10.6. The molecule has 6 nitrogen and oxygen atoms in total. The first-order valence-electron chi connectivity index (χ1n) is 5.49. The molecule has 18 heavy (non-hydrogen) atoms. The van der Waals surface area contributed by atoms with Crippen LogP contribution in [0.2, 0.25) is 0 Å². The fraction of sp³-hybridized carbons (Fsp3) is 0.400. The van der Waals surface area contributed by atoms with Crippen molar-refractivity contribution < 1.29 is 0 Å². The molecule has 0 unspecified atom stereocenters. The number of hydrogen-bond donors (Lipinski definition) is 1. The molecule has 3 rings (SSSR count). The molecule has 8 heteroatoms. The molecular formula is C10H10BrN5OS. The summed E-state index contributed by atoms with van der Waals surface area (Å²) in [4.78, 5) is 20.1. The molecule has 1 N–H and O–H groups in total. The third kappa shape index (κ3) is 2.35. The van der Waals surface area contributed by atoms with Crippen molar-refractivity contribution in [2.45, 2.75) is 36.0 Å². The van der Waals surface area contributed by atoms with Crippen molar-refractivity contribution in [2.24, 2.45) is 0 Å². The third-order valence-corrected chi connectivity index (χ3v) is 3.86. The highest BCUT2D eigenvalue weighted by Crippen LogP contribution is 2.37. The summed E-state index contributed by atoms with van der Waals surface area (Å²) in [6, 6.07) is 2.11. The summed E-state index contributed by atoms with van der Waals surface area (Å²) < 4.78 is 2.43. The van der Waals surface area contributed by atoms with Crippen LogP contribution in [0.3, 0.4) is 0 Å². The number of rotatable bonds is 3. The molecule has 2 aromatic rings. The standard InChI is InChI=1S/C10H10BrN5OS/c1-5-12-7(11)4-8(13-5)18-10-15-14-9(17)16(10)6-2-3-6/h4,6H,2-3H2,1H3,(H,14,17). The molecule has 1 saturated carbocycles. The van der Waals surface area contributed by atoms with Crippen LogP contribution in [0.5, 0.6) is 0 Å². The number of hydrogen-bond acceptors (Lipinski definition) is 5. The average Bonchev–Trinajstić information content (AvgIpc) is 3.04. The second kappa shape index (κ2) is 4.51. The Morgan fingerprint density at radius 1 is 1.50 bits per heavy atom. The second-order valence-electron chi connectivity index (χ2n) is 4.09. The van der Waals surface area contributed by atoms with Crippen molar-refractivity contribution in [3.8, 4) is 0 Å². The van der Waals surface area contributed by atoms with Gasteiger partial charge in [0.15, 0.2) is 5.16 Å². The molecule has 0 aliphatic heterocycles. The van der Waals surface area contributed by atoms with Gasteiger partial charge in [0, 0.05) is 12.1 Å². The highest BCUT2D eigenvalue weighted by molar-refractivity contribution is 9.10. The number of H-pyrrole nitrogens is 1. The molecule has 0 saturated heterocycles. The van der Waals surface area contributed by atoms with Crippen LogP contribution in [0.15, 0.2) is 25.6 Å². The van der Waals surface area contributed by atoms with E-state index in [1.807, 2.05) is 13.0 Å². The molecule has 0 radical (unpaired) electrons. The number of nitrogens with one attached hydrogen (secondary N) is 1. The first-order valence-corrected chi connectivity index (χ1v) is 7.10. The molecule has 0 bridgehead atoms. The van der Waals surface area contributed by atoms with Crippen LogP contribution in [-0.2, 0) is 0 Å². The Labute approximate surface area is 115 Å². The lowest BCUT2D eigenvalue weighted by Gasteiger charge is -2.03. The zero-order valence-electron chi connectivity index (χ0n) is 9.55. The minimum atomic E-state index is -0.148. The molecule has 0 amide bonds. The Bertz CT molecular complexity index is 628. The zero-order valence-corrected chi connectivity index (χ0v) is 12.0. The topological polar surface area (TPSA) is 76.5 Å². The molecule has 0 atom stereocenters. The van der Waals surface area contributed by atoms with E-state index in [1.165, 1.54) is 11.8 Å².